The second kappa shape index (κ2) is 3.74. The van der Waals surface area contributed by atoms with E-state index in [0.717, 1.165) is 10.9 Å². The van der Waals surface area contributed by atoms with Gasteiger partial charge in [-0.2, -0.15) is 0 Å². The Bertz CT molecular complexity index is 387. The molecule has 0 saturated heterocycles. The summed E-state index contributed by atoms with van der Waals surface area (Å²) < 4.78 is 0. The normalized spacial score (nSPS) is 9.42. The van der Waals surface area contributed by atoms with Gasteiger partial charge in [0.1, 0.15) is 5.15 Å². The van der Waals surface area contributed by atoms with Crippen molar-refractivity contribution in [1.29, 1.82) is 0 Å². The predicted molar refractivity (Wildman–Crippen MR) is 46.8 cm³/mol. The second-order valence-corrected chi connectivity index (χ2v) is 2.71. The van der Waals surface area contributed by atoms with Crippen LogP contribution in [0.3, 0.4) is 0 Å². The molecule has 0 radical (unpaired) electrons. The molecule has 62 valence electrons. The molecule has 0 fully saturated rings. The first kappa shape index (κ1) is 9.30. The van der Waals surface area contributed by atoms with Crippen LogP contribution >= 0.6 is 11.6 Å². The highest BCUT2D eigenvalue weighted by Crippen LogP contribution is 2.13. The van der Waals surface area contributed by atoms with E-state index in [4.69, 9.17) is 11.6 Å². The Morgan fingerprint density at radius 3 is 2.58 bits per heavy atom. The molecule has 0 aliphatic carbocycles. The van der Waals surface area contributed by atoms with Gasteiger partial charge in [-0.1, -0.05) is 29.8 Å². The monoisotopic (exact) mass is 198 g/mol. The maximum atomic E-state index is 5.71. The summed E-state index contributed by atoms with van der Waals surface area (Å²) in [5.74, 6) is 0. The Balaban J connectivity index is 0.000000720. The van der Waals surface area contributed by atoms with Crippen molar-refractivity contribution >= 4 is 22.5 Å². The number of pyridine rings is 1. The van der Waals surface area contributed by atoms with Gasteiger partial charge in [0.25, 0.3) is 0 Å². The molecule has 0 unspecified atom stereocenters. The third-order valence-electron chi connectivity index (χ3n) is 1.56. The van der Waals surface area contributed by atoms with Crippen molar-refractivity contribution in [1.82, 2.24) is 4.98 Å². The fraction of sp³-hybridized carbons (Fsp3) is 0. The lowest BCUT2D eigenvalue weighted by atomic mass is 10.2. The molecule has 0 bridgehead atoms. The summed E-state index contributed by atoms with van der Waals surface area (Å²) in [4.78, 5) is 4.14. The first-order valence-electron chi connectivity index (χ1n) is 3.37. The van der Waals surface area contributed by atoms with Crippen LogP contribution in [0.4, 0.5) is 0 Å². The molecule has 0 spiro atoms. The number of nitrogens with zero attached hydrogens (tertiary/aromatic N) is 1. The molecule has 0 aliphatic rings. The van der Waals surface area contributed by atoms with Gasteiger partial charge in [0.15, 0.2) is 0 Å². The fourth-order valence-electron chi connectivity index (χ4n) is 1.04. The number of rotatable bonds is 0. The van der Waals surface area contributed by atoms with Gasteiger partial charge >= 0.3 is 0 Å². The third-order valence-corrected chi connectivity index (χ3v) is 1.77. The Morgan fingerprint density at radius 2 is 1.75 bits per heavy atom. The van der Waals surface area contributed by atoms with Crippen molar-refractivity contribution in [2.75, 3.05) is 0 Å². The number of para-hydroxylation sites is 1. The van der Waals surface area contributed by atoms with Crippen molar-refractivity contribution in [2.45, 2.75) is 0 Å². The fourth-order valence-corrected chi connectivity index (χ4v) is 1.20. The summed E-state index contributed by atoms with van der Waals surface area (Å²) in [6.45, 7) is 0. The van der Waals surface area contributed by atoms with Gasteiger partial charge in [0.05, 0.1) is 5.52 Å². The lowest BCUT2D eigenvalue weighted by molar-refractivity contribution is -0.00000213. The number of hydrogen-bond acceptors (Lipinski definition) is 1. The smallest absolute Gasteiger partial charge is 0.129 e. The number of hydrogen-bond donors (Lipinski definition) is 0. The molecule has 2 aromatic rings. The number of fused-ring (bicyclic) bond motifs is 1. The van der Waals surface area contributed by atoms with Crippen LogP contribution in [-0.4, -0.2) is 4.98 Å². The highest BCUT2D eigenvalue weighted by atomic mass is 35.5. The van der Waals surface area contributed by atoms with Crippen molar-refractivity contribution in [3.63, 3.8) is 0 Å². The van der Waals surface area contributed by atoms with Gasteiger partial charge in [0.2, 0.25) is 0 Å². The van der Waals surface area contributed by atoms with Gasteiger partial charge in [-0.3, -0.25) is 0 Å². The highest BCUT2D eigenvalue weighted by Gasteiger charge is 1.92. The van der Waals surface area contributed by atoms with Gasteiger partial charge in [-0.05, 0) is 18.2 Å². The van der Waals surface area contributed by atoms with Crippen LogP contribution in [0.2, 0.25) is 5.15 Å². The van der Waals surface area contributed by atoms with E-state index in [1.807, 2.05) is 30.3 Å². The standard InChI is InChI=1S/C9H6ClN.ClH/c10-9-6-5-7-3-1-2-4-8(7)11-9;/h1-6H;1H/p-1. The Hall–Kier alpha value is -0.790. The van der Waals surface area contributed by atoms with E-state index in [2.05, 4.69) is 4.98 Å². The summed E-state index contributed by atoms with van der Waals surface area (Å²) >= 11 is 5.71. The SMILES string of the molecule is Clc1ccc2ccccc2n1.[Cl-]. The van der Waals surface area contributed by atoms with Crippen LogP contribution in [0.1, 0.15) is 0 Å². The molecule has 0 amide bonds. The van der Waals surface area contributed by atoms with E-state index in [9.17, 15) is 0 Å². The Kier molecular flexibility index (Phi) is 2.90. The van der Waals surface area contributed by atoms with Crippen molar-refractivity contribution in [3.8, 4) is 0 Å². The lowest BCUT2D eigenvalue weighted by Crippen LogP contribution is -3.00. The zero-order chi connectivity index (χ0) is 7.68. The molecule has 0 N–H and O–H groups in total. The predicted octanol–water partition coefficient (Wildman–Crippen LogP) is -0.108. The summed E-state index contributed by atoms with van der Waals surface area (Å²) in [5.41, 5.74) is 0.944. The Labute approximate surface area is 81.8 Å². The molecule has 1 nitrogen and oxygen atoms in total. The van der Waals surface area contributed by atoms with Crippen LogP contribution in [0.25, 0.3) is 10.9 Å². The van der Waals surface area contributed by atoms with Gasteiger partial charge in [-0.15, -0.1) is 0 Å². The largest absolute Gasteiger partial charge is 1.00 e. The van der Waals surface area contributed by atoms with E-state index < -0.39 is 0 Å². The first-order chi connectivity index (χ1) is 5.36. The van der Waals surface area contributed by atoms with Gasteiger partial charge in [0, 0.05) is 5.39 Å². The highest BCUT2D eigenvalue weighted by molar-refractivity contribution is 6.29. The maximum absolute atomic E-state index is 5.71. The Morgan fingerprint density at radius 1 is 1.00 bits per heavy atom. The summed E-state index contributed by atoms with van der Waals surface area (Å²) in [7, 11) is 0. The van der Waals surface area contributed by atoms with E-state index in [1.165, 1.54) is 0 Å². The minimum atomic E-state index is 0. The van der Waals surface area contributed by atoms with E-state index in [-0.39, 0.29) is 12.4 Å². The average Bonchev–Trinajstić information content (AvgIpc) is 2.04. The summed E-state index contributed by atoms with van der Waals surface area (Å²) in [6, 6.07) is 11.7. The zero-order valence-corrected chi connectivity index (χ0v) is 7.68. The summed E-state index contributed by atoms with van der Waals surface area (Å²) in [5, 5.41) is 1.67. The van der Waals surface area contributed by atoms with Gasteiger partial charge < -0.3 is 12.4 Å². The van der Waals surface area contributed by atoms with Crippen LogP contribution < -0.4 is 12.4 Å². The minimum Gasteiger partial charge on any atom is -1.00 e. The molecule has 0 saturated carbocycles. The topological polar surface area (TPSA) is 12.9 Å². The number of halogens is 2. The molecular formula is C9H6Cl2N-. The maximum Gasteiger partial charge on any atom is 0.129 e. The van der Waals surface area contributed by atoms with Crippen LogP contribution in [0.5, 0.6) is 0 Å². The van der Waals surface area contributed by atoms with Crippen molar-refractivity contribution < 1.29 is 12.4 Å². The molecule has 0 atom stereocenters. The van der Waals surface area contributed by atoms with Gasteiger partial charge in [-0.25, -0.2) is 4.98 Å². The number of benzene rings is 1. The third kappa shape index (κ3) is 1.68. The van der Waals surface area contributed by atoms with Crippen LogP contribution in [-0.2, 0) is 0 Å². The molecule has 0 aliphatic heterocycles. The molecular weight excluding hydrogens is 193 g/mol. The lowest BCUT2D eigenvalue weighted by Gasteiger charge is -1.94. The summed E-state index contributed by atoms with van der Waals surface area (Å²) in [6.07, 6.45) is 0. The quantitative estimate of drug-likeness (QED) is 0.539. The number of aromatic nitrogens is 1. The molecule has 1 heterocycles. The second-order valence-electron chi connectivity index (χ2n) is 2.33. The molecule has 1 aromatic heterocycles. The molecule has 1 aromatic carbocycles. The first-order valence-corrected chi connectivity index (χ1v) is 3.75. The zero-order valence-electron chi connectivity index (χ0n) is 6.17. The van der Waals surface area contributed by atoms with E-state index in [0.29, 0.717) is 5.15 Å². The average molecular weight is 199 g/mol. The minimum absolute atomic E-state index is 0. The van der Waals surface area contributed by atoms with E-state index in [1.54, 1.807) is 6.07 Å². The van der Waals surface area contributed by atoms with E-state index >= 15 is 0 Å². The molecule has 2 rings (SSSR count). The van der Waals surface area contributed by atoms with Crippen LogP contribution in [0, 0.1) is 0 Å². The molecule has 3 heteroatoms. The van der Waals surface area contributed by atoms with Crippen molar-refractivity contribution in [3.05, 3.63) is 41.6 Å². The van der Waals surface area contributed by atoms with Crippen LogP contribution in [0.15, 0.2) is 36.4 Å². The van der Waals surface area contributed by atoms with Crippen molar-refractivity contribution in [2.24, 2.45) is 0 Å². The molecule has 12 heavy (non-hydrogen) atoms.